The lowest BCUT2D eigenvalue weighted by atomic mass is 10.2. The molecule has 0 aliphatic carbocycles. The van der Waals surface area contributed by atoms with Crippen molar-refractivity contribution in [2.75, 3.05) is 6.61 Å². The van der Waals surface area contributed by atoms with E-state index in [1.165, 1.54) is 0 Å². The maximum Gasteiger partial charge on any atom is 0.357 e. The molecule has 19 heavy (non-hydrogen) atoms. The zero-order chi connectivity index (χ0) is 13.8. The standard InChI is InChI=1S/C13H12BrN3O2/c1-3-19-13(18)11-8(2)5-16-12(17-11)9-4-10(14)7-15-6-9/h4-7H,3H2,1-2H3. The van der Waals surface area contributed by atoms with Gasteiger partial charge < -0.3 is 4.74 Å². The van der Waals surface area contributed by atoms with Crippen LogP contribution in [-0.2, 0) is 4.74 Å². The number of nitrogens with zero attached hydrogens (tertiary/aromatic N) is 3. The molecule has 0 aliphatic heterocycles. The van der Waals surface area contributed by atoms with Gasteiger partial charge in [0, 0.05) is 34.2 Å². The molecule has 0 aromatic carbocycles. The summed E-state index contributed by atoms with van der Waals surface area (Å²) in [7, 11) is 0. The number of pyridine rings is 1. The predicted octanol–water partition coefficient (Wildman–Crippen LogP) is 2.79. The normalized spacial score (nSPS) is 10.3. The molecule has 0 N–H and O–H groups in total. The van der Waals surface area contributed by atoms with E-state index < -0.39 is 5.97 Å². The Morgan fingerprint density at radius 3 is 2.84 bits per heavy atom. The Hall–Kier alpha value is -1.82. The zero-order valence-electron chi connectivity index (χ0n) is 10.6. The predicted molar refractivity (Wildman–Crippen MR) is 73.7 cm³/mol. The first-order valence-electron chi connectivity index (χ1n) is 5.73. The first-order chi connectivity index (χ1) is 9.11. The lowest BCUT2D eigenvalue weighted by Crippen LogP contribution is -2.10. The highest BCUT2D eigenvalue weighted by Gasteiger charge is 2.14. The minimum absolute atomic E-state index is 0.284. The molecular formula is C13H12BrN3O2. The van der Waals surface area contributed by atoms with Gasteiger partial charge in [0.25, 0.3) is 0 Å². The maximum absolute atomic E-state index is 11.8. The van der Waals surface area contributed by atoms with Crippen LogP contribution in [0.4, 0.5) is 0 Å². The molecule has 2 aromatic rings. The van der Waals surface area contributed by atoms with Gasteiger partial charge in [-0.1, -0.05) is 0 Å². The van der Waals surface area contributed by atoms with Crippen LogP contribution in [0.5, 0.6) is 0 Å². The van der Waals surface area contributed by atoms with Crippen LogP contribution in [0.15, 0.2) is 29.1 Å². The zero-order valence-corrected chi connectivity index (χ0v) is 12.1. The highest BCUT2D eigenvalue weighted by molar-refractivity contribution is 9.10. The quantitative estimate of drug-likeness (QED) is 0.813. The molecule has 98 valence electrons. The number of rotatable bonds is 3. The second kappa shape index (κ2) is 5.88. The smallest absolute Gasteiger partial charge is 0.357 e. The van der Waals surface area contributed by atoms with E-state index in [1.54, 1.807) is 32.4 Å². The summed E-state index contributed by atoms with van der Waals surface area (Å²) in [6.45, 7) is 3.85. The van der Waals surface area contributed by atoms with E-state index in [9.17, 15) is 4.79 Å². The Bertz CT molecular complexity index is 617. The number of hydrogen-bond acceptors (Lipinski definition) is 5. The first kappa shape index (κ1) is 13.6. The fraction of sp³-hybridized carbons (Fsp3) is 0.231. The van der Waals surface area contributed by atoms with Crippen molar-refractivity contribution >= 4 is 21.9 Å². The molecule has 2 rings (SSSR count). The summed E-state index contributed by atoms with van der Waals surface area (Å²) in [6.07, 6.45) is 4.92. The molecule has 0 spiro atoms. The first-order valence-corrected chi connectivity index (χ1v) is 6.52. The van der Waals surface area contributed by atoms with E-state index in [4.69, 9.17) is 4.74 Å². The number of hydrogen-bond donors (Lipinski definition) is 0. The number of ether oxygens (including phenoxy) is 1. The topological polar surface area (TPSA) is 65.0 Å². The summed E-state index contributed by atoms with van der Waals surface area (Å²) in [5, 5.41) is 0. The second-order valence-electron chi connectivity index (χ2n) is 3.84. The average molecular weight is 322 g/mol. The Kier molecular flexibility index (Phi) is 4.21. The van der Waals surface area contributed by atoms with Crippen molar-refractivity contribution in [2.45, 2.75) is 13.8 Å². The van der Waals surface area contributed by atoms with Crippen molar-refractivity contribution in [3.63, 3.8) is 0 Å². The van der Waals surface area contributed by atoms with Gasteiger partial charge in [0.05, 0.1) is 6.61 Å². The van der Waals surface area contributed by atoms with Crippen LogP contribution in [0, 0.1) is 6.92 Å². The van der Waals surface area contributed by atoms with Crippen molar-refractivity contribution in [1.82, 2.24) is 15.0 Å². The third-order valence-corrected chi connectivity index (χ3v) is 2.84. The fourth-order valence-electron chi connectivity index (χ4n) is 1.52. The molecule has 0 atom stereocenters. The van der Waals surface area contributed by atoms with Gasteiger partial charge in [-0.05, 0) is 35.8 Å². The van der Waals surface area contributed by atoms with Gasteiger partial charge >= 0.3 is 5.97 Å². The largest absolute Gasteiger partial charge is 0.461 e. The molecule has 0 amide bonds. The highest BCUT2D eigenvalue weighted by atomic mass is 79.9. The Morgan fingerprint density at radius 1 is 1.37 bits per heavy atom. The van der Waals surface area contributed by atoms with E-state index in [2.05, 4.69) is 30.9 Å². The number of aryl methyl sites for hydroxylation is 1. The molecule has 0 fully saturated rings. The Balaban J connectivity index is 2.44. The van der Waals surface area contributed by atoms with Crippen LogP contribution in [0.1, 0.15) is 23.0 Å². The van der Waals surface area contributed by atoms with E-state index in [0.29, 0.717) is 18.0 Å². The molecule has 0 saturated carbocycles. The average Bonchev–Trinajstić information content (AvgIpc) is 2.39. The van der Waals surface area contributed by atoms with Crippen molar-refractivity contribution in [1.29, 1.82) is 0 Å². The lowest BCUT2D eigenvalue weighted by molar-refractivity contribution is 0.0518. The summed E-state index contributed by atoms with van der Waals surface area (Å²) in [6, 6.07) is 1.84. The third-order valence-electron chi connectivity index (χ3n) is 2.40. The molecule has 0 radical (unpaired) electrons. The highest BCUT2D eigenvalue weighted by Crippen LogP contribution is 2.19. The Labute approximate surface area is 119 Å². The second-order valence-corrected chi connectivity index (χ2v) is 4.75. The molecule has 0 bridgehead atoms. The molecule has 2 aromatic heterocycles. The fourth-order valence-corrected chi connectivity index (χ4v) is 1.89. The number of aromatic nitrogens is 3. The summed E-state index contributed by atoms with van der Waals surface area (Å²) >= 11 is 3.34. The van der Waals surface area contributed by atoms with Crippen LogP contribution in [0.3, 0.4) is 0 Å². The molecule has 0 unspecified atom stereocenters. The molecule has 2 heterocycles. The number of carbonyl (C=O) groups excluding carboxylic acids is 1. The summed E-state index contributed by atoms with van der Waals surface area (Å²) in [5.74, 6) is 0.00839. The Morgan fingerprint density at radius 2 is 2.16 bits per heavy atom. The van der Waals surface area contributed by atoms with Crippen LogP contribution < -0.4 is 0 Å². The van der Waals surface area contributed by atoms with Gasteiger partial charge in [0.2, 0.25) is 0 Å². The third kappa shape index (κ3) is 3.14. The van der Waals surface area contributed by atoms with Crippen LogP contribution in [-0.4, -0.2) is 27.5 Å². The lowest BCUT2D eigenvalue weighted by Gasteiger charge is -2.06. The van der Waals surface area contributed by atoms with Gasteiger partial charge in [-0.2, -0.15) is 0 Å². The van der Waals surface area contributed by atoms with Crippen molar-refractivity contribution in [3.05, 3.63) is 40.4 Å². The number of carbonyl (C=O) groups is 1. The van der Waals surface area contributed by atoms with Crippen molar-refractivity contribution < 1.29 is 9.53 Å². The molecule has 0 saturated heterocycles. The van der Waals surface area contributed by atoms with E-state index in [1.807, 2.05) is 6.07 Å². The monoisotopic (exact) mass is 321 g/mol. The van der Waals surface area contributed by atoms with Gasteiger partial charge in [0.1, 0.15) is 0 Å². The van der Waals surface area contributed by atoms with E-state index in [-0.39, 0.29) is 5.69 Å². The van der Waals surface area contributed by atoms with E-state index in [0.717, 1.165) is 10.0 Å². The summed E-state index contributed by atoms with van der Waals surface area (Å²) < 4.78 is 5.80. The molecular weight excluding hydrogens is 310 g/mol. The van der Waals surface area contributed by atoms with Crippen molar-refractivity contribution in [2.24, 2.45) is 0 Å². The van der Waals surface area contributed by atoms with Crippen molar-refractivity contribution in [3.8, 4) is 11.4 Å². The van der Waals surface area contributed by atoms with Gasteiger partial charge in [-0.3, -0.25) is 4.98 Å². The minimum Gasteiger partial charge on any atom is -0.461 e. The summed E-state index contributed by atoms with van der Waals surface area (Å²) in [5.41, 5.74) is 1.71. The van der Waals surface area contributed by atoms with Crippen LogP contribution >= 0.6 is 15.9 Å². The number of halogens is 1. The molecule has 0 aliphatic rings. The molecule has 5 nitrogen and oxygen atoms in total. The number of esters is 1. The SMILES string of the molecule is CCOC(=O)c1nc(-c2cncc(Br)c2)ncc1C. The van der Waals surface area contributed by atoms with Gasteiger partial charge in [0.15, 0.2) is 11.5 Å². The van der Waals surface area contributed by atoms with Gasteiger partial charge in [-0.15, -0.1) is 0 Å². The molecule has 6 heteroatoms. The van der Waals surface area contributed by atoms with E-state index >= 15 is 0 Å². The van der Waals surface area contributed by atoms with Crippen LogP contribution in [0.2, 0.25) is 0 Å². The van der Waals surface area contributed by atoms with Crippen LogP contribution in [0.25, 0.3) is 11.4 Å². The maximum atomic E-state index is 11.8. The summed E-state index contributed by atoms with van der Waals surface area (Å²) in [4.78, 5) is 24.3. The minimum atomic E-state index is -0.438. The van der Waals surface area contributed by atoms with Gasteiger partial charge in [-0.25, -0.2) is 14.8 Å².